The molecule has 0 saturated heterocycles. The van der Waals surface area contributed by atoms with Crippen molar-refractivity contribution in [3.05, 3.63) is 23.0 Å². The molecule has 0 atom stereocenters. The van der Waals surface area contributed by atoms with Crippen molar-refractivity contribution in [2.24, 2.45) is 0 Å². The number of alkyl halides is 2. The second-order valence-corrected chi connectivity index (χ2v) is 6.02. The summed E-state index contributed by atoms with van der Waals surface area (Å²) in [7, 11) is 0. The zero-order chi connectivity index (χ0) is 15.6. The molecule has 4 nitrogen and oxygen atoms in total. The topological polar surface area (TPSA) is 62.2 Å². The Hall–Kier alpha value is -1.27. The molecule has 1 aromatic heterocycles. The molecule has 1 fully saturated rings. The maximum Gasteiger partial charge on any atom is 0.300 e. The lowest BCUT2D eigenvalue weighted by Crippen LogP contribution is -2.36. The molecule has 0 unspecified atom stereocenters. The van der Waals surface area contributed by atoms with Gasteiger partial charge in [-0.3, -0.25) is 4.79 Å². The normalized spacial score (nSPS) is 25.9. The number of halogens is 3. The molecule has 1 aromatic rings. The van der Waals surface area contributed by atoms with E-state index in [1.807, 2.05) is 0 Å². The van der Waals surface area contributed by atoms with Gasteiger partial charge in [-0.05, 0) is 38.7 Å². The number of hydrogen-bond donors (Lipinski definition) is 2. The Bertz CT molecular complexity index is 528. The zero-order valence-electron chi connectivity index (χ0n) is 11.6. The lowest BCUT2D eigenvalue weighted by Gasteiger charge is -2.34. The Morgan fingerprint density at radius 2 is 2.14 bits per heavy atom. The Labute approximate surface area is 126 Å². The molecule has 116 valence electrons. The monoisotopic (exact) mass is 318 g/mol. The van der Waals surface area contributed by atoms with Crippen LogP contribution < -0.4 is 5.32 Å². The van der Waals surface area contributed by atoms with E-state index >= 15 is 0 Å². The Morgan fingerprint density at radius 3 is 2.71 bits per heavy atom. The van der Waals surface area contributed by atoms with Gasteiger partial charge >= 0.3 is 6.43 Å². The van der Waals surface area contributed by atoms with E-state index < -0.39 is 17.8 Å². The number of rotatable bonds is 4. The van der Waals surface area contributed by atoms with Crippen LogP contribution in [-0.4, -0.2) is 33.9 Å². The molecule has 1 heterocycles. The minimum Gasteiger partial charge on any atom is -0.390 e. The van der Waals surface area contributed by atoms with Crippen molar-refractivity contribution in [3.63, 3.8) is 0 Å². The van der Waals surface area contributed by atoms with Gasteiger partial charge in [0.05, 0.1) is 16.9 Å². The summed E-state index contributed by atoms with van der Waals surface area (Å²) in [6.45, 7) is 1.78. The molecule has 2 N–H and O–H groups in total. The first-order valence-electron chi connectivity index (χ1n) is 6.75. The fourth-order valence-electron chi connectivity index (χ4n) is 2.47. The highest BCUT2D eigenvalue weighted by Gasteiger charge is 2.30. The molecular formula is C14H17ClF2N2O2. The van der Waals surface area contributed by atoms with Crippen molar-refractivity contribution in [1.29, 1.82) is 0 Å². The van der Waals surface area contributed by atoms with Crippen LogP contribution in [0.15, 0.2) is 12.3 Å². The minimum atomic E-state index is -3.08. The van der Waals surface area contributed by atoms with Crippen LogP contribution in [0.5, 0.6) is 0 Å². The first kappa shape index (κ1) is 16.1. The number of nitrogens with zero attached hydrogens (tertiary/aromatic N) is 1. The van der Waals surface area contributed by atoms with Crippen LogP contribution in [0.1, 0.15) is 43.0 Å². The van der Waals surface area contributed by atoms with Gasteiger partial charge in [-0.2, -0.15) is 0 Å². The lowest BCUT2D eigenvalue weighted by molar-refractivity contribution is 0.0196. The van der Waals surface area contributed by atoms with Crippen LogP contribution in [0, 0.1) is 0 Å². The first-order chi connectivity index (χ1) is 9.78. The highest BCUT2D eigenvalue weighted by Crippen LogP contribution is 2.31. The molecule has 1 saturated carbocycles. The van der Waals surface area contributed by atoms with Crippen molar-refractivity contribution in [1.82, 2.24) is 4.98 Å². The smallest absolute Gasteiger partial charge is 0.300 e. The van der Waals surface area contributed by atoms with Gasteiger partial charge in [0, 0.05) is 12.2 Å². The van der Waals surface area contributed by atoms with E-state index in [9.17, 15) is 18.7 Å². The average molecular weight is 319 g/mol. The van der Waals surface area contributed by atoms with E-state index in [0.717, 1.165) is 6.20 Å². The molecule has 0 aromatic carbocycles. The number of hydrogen-bond acceptors (Lipinski definition) is 4. The molecular weight excluding hydrogens is 302 g/mol. The summed E-state index contributed by atoms with van der Waals surface area (Å²) in [5.41, 5.74) is -0.575. The quantitative estimate of drug-likeness (QED) is 0.660. The zero-order valence-corrected chi connectivity index (χ0v) is 12.3. The number of carbonyl (C=O) groups is 1. The van der Waals surface area contributed by atoms with Gasteiger partial charge < -0.3 is 10.4 Å². The summed E-state index contributed by atoms with van der Waals surface area (Å²) in [6, 6.07) is 1.39. The fourth-order valence-corrected chi connectivity index (χ4v) is 2.63. The molecule has 0 spiro atoms. The number of anilines is 1. The van der Waals surface area contributed by atoms with Crippen LogP contribution in [0.25, 0.3) is 0 Å². The Balaban J connectivity index is 2.16. The standard InChI is InChI=1S/C14H17ClF2N2O2/c1-14(21)4-2-8(3-5-14)19-10-6-11(15)18-7-9(10)12(20)13(16)17/h6-8,13,21H,2-5H2,1H3,(H,18,19). The first-order valence-corrected chi connectivity index (χ1v) is 7.13. The van der Waals surface area contributed by atoms with E-state index in [4.69, 9.17) is 11.6 Å². The lowest BCUT2D eigenvalue weighted by atomic mass is 9.83. The number of nitrogens with one attached hydrogen (secondary N) is 1. The number of carbonyl (C=O) groups excluding carboxylic acids is 1. The molecule has 7 heteroatoms. The second kappa shape index (κ2) is 6.23. The number of Topliss-reactive ketones (excluding diaryl/α,β-unsaturated/α-hetero) is 1. The van der Waals surface area contributed by atoms with Gasteiger partial charge in [-0.25, -0.2) is 13.8 Å². The third kappa shape index (κ3) is 4.11. The van der Waals surface area contributed by atoms with Crippen molar-refractivity contribution in [3.8, 4) is 0 Å². The maximum absolute atomic E-state index is 12.6. The fraction of sp³-hybridized carbons (Fsp3) is 0.571. The van der Waals surface area contributed by atoms with Crippen LogP contribution in [0.4, 0.5) is 14.5 Å². The average Bonchev–Trinajstić information content (AvgIpc) is 2.40. The number of aliphatic hydroxyl groups is 1. The summed E-state index contributed by atoms with van der Waals surface area (Å²) in [6.07, 6.45) is 0.590. The minimum absolute atomic E-state index is 0.00733. The van der Waals surface area contributed by atoms with Crippen LogP contribution in [-0.2, 0) is 0 Å². The van der Waals surface area contributed by atoms with Crippen LogP contribution in [0.2, 0.25) is 5.15 Å². The van der Waals surface area contributed by atoms with E-state index in [-0.39, 0.29) is 22.4 Å². The van der Waals surface area contributed by atoms with Gasteiger partial charge in [-0.1, -0.05) is 11.6 Å². The predicted molar refractivity (Wildman–Crippen MR) is 76.1 cm³/mol. The van der Waals surface area contributed by atoms with E-state index in [1.165, 1.54) is 6.07 Å². The van der Waals surface area contributed by atoms with E-state index in [0.29, 0.717) is 25.7 Å². The van der Waals surface area contributed by atoms with E-state index in [2.05, 4.69) is 10.3 Å². The Morgan fingerprint density at radius 1 is 1.52 bits per heavy atom. The predicted octanol–water partition coefficient (Wildman–Crippen LogP) is 3.29. The molecule has 0 amide bonds. The molecule has 0 radical (unpaired) electrons. The van der Waals surface area contributed by atoms with Crippen molar-refractivity contribution < 1.29 is 18.7 Å². The van der Waals surface area contributed by atoms with Gasteiger partial charge in [0.2, 0.25) is 5.78 Å². The largest absolute Gasteiger partial charge is 0.390 e. The number of pyridine rings is 1. The molecule has 1 aliphatic carbocycles. The van der Waals surface area contributed by atoms with Crippen molar-refractivity contribution in [2.45, 2.75) is 50.7 Å². The summed E-state index contributed by atoms with van der Waals surface area (Å²) in [5, 5.41) is 13.1. The Kier molecular flexibility index (Phi) is 4.78. The van der Waals surface area contributed by atoms with Gasteiger partial charge in [0.1, 0.15) is 5.15 Å². The van der Waals surface area contributed by atoms with Gasteiger partial charge in [0.15, 0.2) is 0 Å². The SMILES string of the molecule is CC1(O)CCC(Nc2cc(Cl)ncc2C(=O)C(F)F)CC1. The third-order valence-electron chi connectivity index (χ3n) is 3.76. The van der Waals surface area contributed by atoms with Crippen molar-refractivity contribution >= 4 is 23.1 Å². The third-order valence-corrected chi connectivity index (χ3v) is 3.96. The molecule has 21 heavy (non-hydrogen) atoms. The number of ketones is 1. The summed E-state index contributed by atoms with van der Waals surface area (Å²) < 4.78 is 25.2. The molecule has 2 rings (SSSR count). The molecule has 0 bridgehead atoms. The number of aromatic nitrogens is 1. The van der Waals surface area contributed by atoms with Crippen LogP contribution in [0.3, 0.4) is 0 Å². The van der Waals surface area contributed by atoms with E-state index in [1.54, 1.807) is 6.92 Å². The molecule has 0 aliphatic heterocycles. The summed E-state index contributed by atoms with van der Waals surface area (Å²) in [5.74, 6) is -1.27. The highest BCUT2D eigenvalue weighted by molar-refractivity contribution is 6.29. The summed E-state index contributed by atoms with van der Waals surface area (Å²) in [4.78, 5) is 15.2. The maximum atomic E-state index is 12.6. The molecule has 1 aliphatic rings. The van der Waals surface area contributed by atoms with Gasteiger partial charge in [0.25, 0.3) is 0 Å². The van der Waals surface area contributed by atoms with Crippen LogP contribution >= 0.6 is 11.6 Å². The highest BCUT2D eigenvalue weighted by atomic mass is 35.5. The van der Waals surface area contributed by atoms with Crippen molar-refractivity contribution in [2.75, 3.05) is 5.32 Å². The second-order valence-electron chi connectivity index (χ2n) is 5.63. The summed E-state index contributed by atoms with van der Waals surface area (Å²) >= 11 is 5.77. The van der Waals surface area contributed by atoms with Gasteiger partial charge in [-0.15, -0.1) is 0 Å².